The molecule has 0 aliphatic carbocycles. The predicted octanol–water partition coefficient (Wildman–Crippen LogP) is 5.59. The van der Waals surface area contributed by atoms with Crippen LogP contribution in [0.4, 0.5) is 0 Å². The van der Waals surface area contributed by atoms with Crippen LogP contribution in [0.15, 0.2) is 46.6 Å². The number of unbranched alkanes of at least 4 members (excludes halogenated alkanes) is 2. The molecule has 1 atom stereocenters. The van der Waals surface area contributed by atoms with Crippen molar-refractivity contribution in [2.24, 2.45) is 0 Å². The first-order chi connectivity index (χ1) is 15.2. The molecule has 1 aliphatic heterocycles. The monoisotopic (exact) mass is 439 g/mol. The summed E-state index contributed by atoms with van der Waals surface area (Å²) in [5.41, 5.74) is 1.20. The lowest BCUT2D eigenvalue weighted by atomic mass is 9.84. The summed E-state index contributed by atoms with van der Waals surface area (Å²) in [4.78, 5) is 27.4. The molecule has 0 radical (unpaired) electrons. The van der Waals surface area contributed by atoms with Gasteiger partial charge >= 0.3 is 0 Å². The highest BCUT2D eigenvalue weighted by Crippen LogP contribution is 2.41. The maximum Gasteiger partial charge on any atom is 0.295 e. The van der Waals surface area contributed by atoms with Gasteiger partial charge in [-0.15, -0.1) is 0 Å². The Balaban J connectivity index is 2.13. The molecule has 172 valence electrons. The Labute approximate surface area is 189 Å². The summed E-state index contributed by atoms with van der Waals surface area (Å²) in [6, 6.07) is 8.07. The highest BCUT2D eigenvalue weighted by molar-refractivity contribution is 6.46. The zero-order valence-electron chi connectivity index (χ0n) is 19.6. The van der Waals surface area contributed by atoms with E-state index in [0.717, 1.165) is 30.6 Å². The van der Waals surface area contributed by atoms with Crippen LogP contribution in [0.2, 0.25) is 0 Å². The first-order valence-corrected chi connectivity index (χ1v) is 11.3. The Bertz CT molecular complexity index is 998. The van der Waals surface area contributed by atoms with Crippen LogP contribution in [0.1, 0.15) is 76.8 Å². The lowest BCUT2D eigenvalue weighted by Crippen LogP contribution is -2.30. The Morgan fingerprint density at radius 3 is 2.50 bits per heavy atom. The summed E-state index contributed by atoms with van der Waals surface area (Å²) in [5.74, 6) is -0.294. The van der Waals surface area contributed by atoms with E-state index in [2.05, 4.69) is 27.7 Å². The zero-order chi connectivity index (χ0) is 23.5. The highest BCUT2D eigenvalue weighted by Gasteiger charge is 2.47. The number of carbonyl (C=O) groups is 2. The fraction of sp³-hybridized carbons (Fsp3) is 0.462. The van der Waals surface area contributed by atoms with Crippen LogP contribution in [0.3, 0.4) is 0 Å². The van der Waals surface area contributed by atoms with Crippen molar-refractivity contribution < 1.29 is 23.8 Å². The fourth-order valence-electron chi connectivity index (χ4n) is 4.09. The van der Waals surface area contributed by atoms with Crippen LogP contribution < -0.4 is 4.74 Å². The Morgan fingerprint density at radius 2 is 1.91 bits per heavy atom. The molecule has 1 saturated heterocycles. The second-order valence-corrected chi connectivity index (χ2v) is 9.11. The van der Waals surface area contributed by atoms with Gasteiger partial charge < -0.3 is 19.2 Å². The normalized spacial score (nSPS) is 18.4. The zero-order valence-corrected chi connectivity index (χ0v) is 19.6. The number of furan rings is 1. The van der Waals surface area contributed by atoms with Gasteiger partial charge in [-0.05, 0) is 49.1 Å². The molecule has 1 unspecified atom stereocenters. The first kappa shape index (κ1) is 23.6. The quantitative estimate of drug-likeness (QED) is 0.251. The third kappa shape index (κ3) is 4.59. The van der Waals surface area contributed by atoms with Gasteiger partial charge in [0.2, 0.25) is 0 Å². The van der Waals surface area contributed by atoms with E-state index < -0.39 is 17.7 Å². The molecule has 32 heavy (non-hydrogen) atoms. The fourth-order valence-corrected chi connectivity index (χ4v) is 4.09. The van der Waals surface area contributed by atoms with Gasteiger partial charge in [-0.2, -0.15) is 0 Å². The minimum atomic E-state index is -0.744. The van der Waals surface area contributed by atoms with Crippen molar-refractivity contribution in [3.05, 3.63) is 59.1 Å². The van der Waals surface area contributed by atoms with E-state index in [-0.39, 0.29) is 16.7 Å². The van der Waals surface area contributed by atoms with Gasteiger partial charge in [0.15, 0.2) is 0 Å². The standard InChI is InChI=1S/C26H33NO5/c1-6-8-9-14-27-22(20-11-10-15-32-20)21(24(29)25(27)30)23(28)17-12-13-19(31-7-2)18(16-17)26(3,4)5/h10-13,15-16,22,28H,6-9,14H2,1-5H3/b23-21-. The Kier molecular flexibility index (Phi) is 7.12. The molecule has 0 bridgehead atoms. The Morgan fingerprint density at radius 1 is 1.16 bits per heavy atom. The number of aliphatic hydroxyl groups excluding tert-OH is 1. The molecular formula is C26H33NO5. The molecule has 6 nitrogen and oxygen atoms in total. The lowest BCUT2D eigenvalue weighted by Gasteiger charge is -2.24. The van der Waals surface area contributed by atoms with Crippen LogP contribution in [0.25, 0.3) is 5.76 Å². The summed E-state index contributed by atoms with van der Waals surface area (Å²) in [6.07, 6.45) is 4.23. The molecule has 1 aliphatic rings. The number of rotatable bonds is 8. The van der Waals surface area contributed by atoms with Crippen molar-refractivity contribution >= 4 is 17.4 Å². The minimum absolute atomic E-state index is 0.0606. The van der Waals surface area contributed by atoms with Gasteiger partial charge in [0.1, 0.15) is 23.3 Å². The van der Waals surface area contributed by atoms with Gasteiger partial charge in [0.25, 0.3) is 11.7 Å². The van der Waals surface area contributed by atoms with Gasteiger partial charge in [-0.3, -0.25) is 9.59 Å². The van der Waals surface area contributed by atoms with Crippen LogP contribution >= 0.6 is 0 Å². The van der Waals surface area contributed by atoms with Crippen LogP contribution in [0.5, 0.6) is 5.75 Å². The number of carbonyl (C=O) groups excluding carboxylic acids is 2. The average molecular weight is 440 g/mol. The first-order valence-electron chi connectivity index (χ1n) is 11.3. The van der Waals surface area contributed by atoms with Gasteiger partial charge in [-0.25, -0.2) is 0 Å². The molecule has 2 heterocycles. The highest BCUT2D eigenvalue weighted by atomic mass is 16.5. The number of benzene rings is 1. The molecule has 1 amide bonds. The largest absolute Gasteiger partial charge is 0.507 e. The number of aliphatic hydroxyl groups is 1. The van der Waals surface area contributed by atoms with E-state index in [4.69, 9.17) is 9.15 Å². The summed E-state index contributed by atoms with van der Waals surface area (Å²) in [5, 5.41) is 11.3. The molecule has 1 N–H and O–H groups in total. The third-order valence-corrected chi connectivity index (χ3v) is 5.72. The summed E-state index contributed by atoms with van der Waals surface area (Å²) < 4.78 is 11.4. The van der Waals surface area contributed by atoms with E-state index in [1.807, 2.05) is 13.0 Å². The topological polar surface area (TPSA) is 80.0 Å². The second-order valence-electron chi connectivity index (χ2n) is 9.11. The summed E-state index contributed by atoms with van der Waals surface area (Å²) in [7, 11) is 0. The van der Waals surface area contributed by atoms with Gasteiger partial charge in [0.05, 0.1) is 18.4 Å². The van der Waals surface area contributed by atoms with Crippen LogP contribution in [0, 0.1) is 0 Å². The number of ketones is 1. The maximum atomic E-state index is 13.0. The molecule has 0 saturated carbocycles. The van der Waals surface area contributed by atoms with E-state index in [1.165, 1.54) is 11.2 Å². The maximum absolute atomic E-state index is 13.0. The van der Waals surface area contributed by atoms with Crippen molar-refractivity contribution in [3.8, 4) is 5.75 Å². The minimum Gasteiger partial charge on any atom is -0.507 e. The van der Waals surface area contributed by atoms with Crippen LogP contribution in [-0.2, 0) is 15.0 Å². The lowest BCUT2D eigenvalue weighted by molar-refractivity contribution is -0.140. The molecule has 1 fully saturated rings. The number of nitrogens with zero attached hydrogens (tertiary/aromatic N) is 1. The number of amides is 1. The summed E-state index contributed by atoms with van der Waals surface area (Å²) in [6.45, 7) is 11.1. The average Bonchev–Trinajstić information content (AvgIpc) is 3.35. The van der Waals surface area contributed by atoms with Crippen molar-refractivity contribution in [3.63, 3.8) is 0 Å². The van der Waals surface area contributed by atoms with Crippen molar-refractivity contribution in [2.75, 3.05) is 13.2 Å². The predicted molar refractivity (Wildman–Crippen MR) is 124 cm³/mol. The number of ether oxygens (including phenoxy) is 1. The van der Waals surface area contributed by atoms with Crippen molar-refractivity contribution in [2.45, 2.75) is 65.3 Å². The van der Waals surface area contributed by atoms with Crippen LogP contribution in [-0.4, -0.2) is 34.8 Å². The van der Waals surface area contributed by atoms with Gasteiger partial charge in [0, 0.05) is 17.7 Å². The van der Waals surface area contributed by atoms with Crippen molar-refractivity contribution in [1.82, 2.24) is 4.90 Å². The molecule has 2 aromatic rings. The molecule has 1 aromatic carbocycles. The molecule has 3 rings (SSSR count). The molecule has 1 aromatic heterocycles. The van der Waals surface area contributed by atoms with Crippen molar-refractivity contribution in [1.29, 1.82) is 0 Å². The third-order valence-electron chi connectivity index (χ3n) is 5.72. The molecule has 0 spiro atoms. The SMILES string of the molecule is CCCCCN1C(=O)C(=O)/C(=C(\O)c2ccc(OCC)c(C(C)(C)C)c2)C1c1ccco1. The number of Topliss-reactive ketones (excluding diaryl/α,β-unsaturated/α-hetero) is 1. The second kappa shape index (κ2) is 9.63. The van der Waals surface area contributed by atoms with E-state index >= 15 is 0 Å². The molecular weight excluding hydrogens is 406 g/mol. The number of hydrogen-bond acceptors (Lipinski definition) is 5. The Hall–Kier alpha value is -3.02. The summed E-state index contributed by atoms with van der Waals surface area (Å²) >= 11 is 0. The van der Waals surface area contributed by atoms with E-state index in [9.17, 15) is 14.7 Å². The number of hydrogen-bond donors (Lipinski definition) is 1. The smallest absolute Gasteiger partial charge is 0.295 e. The van der Waals surface area contributed by atoms with E-state index in [0.29, 0.717) is 24.5 Å². The van der Waals surface area contributed by atoms with Gasteiger partial charge in [-0.1, -0.05) is 40.5 Å². The molecule has 6 heteroatoms. The number of likely N-dealkylation sites (tertiary alicyclic amines) is 1. The van der Waals surface area contributed by atoms with E-state index in [1.54, 1.807) is 24.3 Å².